The van der Waals surface area contributed by atoms with Gasteiger partial charge in [0.2, 0.25) is 17.6 Å². The average molecular weight is 566 g/mol. The van der Waals surface area contributed by atoms with Gasteiger partial charge in [-0.2, -0.15) is 0 Å². The number of hydrogen-bond acceptors (Lipinski definition) is 6. The number of hydrogen-bond donors (Lipinski definition) is 2. The van der Waals surface area contributed by atoms with Crippen LogP contribution in [0.3, 0.4) is 0 Å². The van der Waals surface area contributed by atoms with Crippen LogP contribution in [0.4, 0.5) is 4.39 Å². The fourth-order valence-electron chi connectivity index (χ4n) is 5.12. The molecule has 3 atom stereocenters. The Kier molecular flexibility index (Phi) is 9.37. The van der Waals surface area contributed by atoms with Gasteiger partial charge in [0.1, 0.15) is 17.6 Å². The van der Waals surface area contributed by atoms with Gasteiger partial charge in [-0.1, -0.05) is 32.9 Å². The molecule has 41 heavy (non-hydrogen) atoms. The quantitative estimate of drug-likeness (QED) is 0.391. The van der Waals surface area contributed by atoms with E-state index in [0.717, 1.165) is 18.4 Å². The Hall–Kier alpha value is -3.86. The summed E-state index contributed by atoms with van der Waals surface area (Å²) < 4.78 is 15.1. The molecule has 2 N–H and O–H groups in total. The highest BCUT2D eigenvalue weighted by Crippen LogP contribution is 2.27. The second kappa shape index (κ2) is 12.8. The number of aromatic nitrogens is 3. The molecule has 0 spiro atoms. The molecule has 10 nitrogen and oxygen atoms in total. The third-order valence-corrected chi connectivity index (χ3v) is 7.70. The van der Waals surface area contributed by atoms with E-state index in [2.05, 4.69) is 20.6 Å². The molecule has 3 heterocycles. The number of likely N-dealkylation sites (tertiary alicyclic amines) is 1. The molecule has 3 aromatic rings. The van der Waals surface area contributed by atoms with Gasteiger partial charge in [0.25, 0.3) is 5.91 Å². The van der Waals surface area contributed by atoms with Crippen LogP contribution in [-0.4, -0.2) is 86.7 Å². The molecule has 3 amide bonds. The zero-order valence-corrected chi connectivity index (χ0v) is 24.4. The average Bonchev–Trinajstić information content (AvgIpc) is 3.60. The van der Waals surface area contributed by atoms with E-state index < -0.39 is 17.5 Å². The van der Waals surface area contributed by atoms with Crippen molar-refractivity contribution < 1.29 is 18.8 Å². The van der Waals surface area contributed by atoms with Crippen LogP contribution in [0.15, 0.2) is 48.9 Å². The van der Waals surface area contributed by atoms with Gasteiger partial charge in [0.05, 0.1) is 12.2 Å². The molecule has 1 saturated heterocycles. The summed E-state index contributed by atoms with van der Waals surface area (Å²) in [6.45, 7) is 8.78. The van der Waals surface area contributed by atoms with Crippen LogP contribution in [0.1, 0.15) is 56.6 Å². The Morgan fingerprint density at radius 3 is 2.59 bits per heavy atom. The lowest BCUT2D eigenvalue weighted by molar-refractivity contribution is -0.140. The minimum Gasteiger partial charge on any atom is -0.342 e. The summed E-state index contributed by atoms with van der Waals surface area (Å²) in [4.78, 5) is 52.7. The van der Waals surface area contributed by atoms with Gasteiger partial charge in [0.15, 0.2) is 0 Å². The Balaban J connectivity index is 1.58. The molecule has 0 radical (unpaired) electrons. The van der Waals surface area contributed by atoms with E-state index in [1.165, 1.54) is 18.3 Å². The highest BCUT2D eigenvalue weighted by atomic mass is 19.1. The number of likely N-dealkylation sites (N-methyl/N-ethyl adjacent to an activating group) is 1. The van der Waals surface area contributed by atoms with Crippen LogP contribution in [0.2, 0.25) is 0 Å². The molecule has 1 aliphatic heterocycles. The van der Waals surface area contributed by atoms with Crippen molar-refractivity contribution in [1.82, 2.24) is 34.8 Å². The summed E-state index contributed by atoms with van der Waals surface area (Å²) in [6, 6.07) is 6.59. The molecule has 2 aromatic heterocycles. The summed E-state index contributed by atoms with van der Waals surface area (Å²) in [5, 5.41) is 5.87. The van der Waals surface area contributed by atoms with Crippen molar-refractivity contribution in [2.75, 3.05) is 26.7 Å². The lowest BCUT2D eigenvalue weighted by Gasteiger charge is -2.37. The molecule has 1 fully saturated rings. The zero-order chi connectivity index (χ0) is 29.7. The zero-order valence-electron chi connectivity index (χ0n) is 24.4. The third-order valence-electron chi connectivity index (χ3n) is 7.70. The first-order valence-electron chi connectivity index (χ1n) is 14.1. The van der Waals surface area contributed by atoms with Crippen molar-refractivity contribution in [3.63, 3.8) is 0 Å². The van der Waals surface area contributed by atoms with Crippen molar-refractivity contribution in [1.29, 1.82) is 0 Å². The monoisotopic (exact) mass is 565 g/mol. The minimum atomic E-state index is -0.723. The molecule has 1 aliphatic rings. The van der Waals surface area contributed by atoms with Crippen LogP contribution < -0.4 is 10.6 Å². The highest BCUT2D eigenvalue weighted by Gasteiger charge is 2.41. The fourth-order valence-corrected chi connectivity index (χ4v) is 5.12. The lowest BCUT2D eigenvalue weighted by atomic mass is 9.85. The Bertz CT molecular complexity index is 1370. The summed E-state index contributed by atoms with van der Waals surface area (Å²) in [5.41, 5.74) is 0.760. The molecule has 1 aromatic carbocycles. The van der Waals surface area contributed by atoms with Crippen LogP contribution in [-0.2, 0) is 16.0 Å². The molecule has 0 saturated carbocycles. The number of fused-ring (bicyclic) bond motifs is 1. The maximum absolute atomic E-state index is 13.9. The fraction of sp³-hybridized carbons (Fsp3) is 0.500. The van der Waals surface area contributed by atoms with Gasteiger partial charge < -0.3 is 20.4 Å². The Morgan fingerprint density at radius 1 is 1.17 bits per heavy atom. The third kappa shape index (κ3) is 7.08. The maximum Gasteiger partial charge on any atom is 0.272 e. The number of nitrogens with zero attached hydrogens (tertiary/aromatic N) is 5. The first-order valence-corrected chi connectivity index (χ1v) is 14.1. The van der Waals surface area contributed by atoms with Gasteiger partial charge in [-0.05, 0) is 62.4 Å². The normalized spacial score (nSPS) is 16.9. The van der Waals surface area contributed by atoms with E-state index in [9.17, 15) is 18.8 Å². The molecule has 0 bridgehead atoms. The molecular formula is C30H40FN7O3. The maximum atomic E-state index is 13.9. The first-order chi connectivity index (χ1) is 19.5. The highest BCUT2D eigenvalue weighted by molar-refractivity contribution is 5.93. The number of imidazole rings is 1. The number of benzene rings is 1. The summed E-state index contributed by atoms with van der Waals surface area (Å²) in [6.07, 6.45) is 6.93. The molecular weight excluding hydrogens is 525 g/mol. The molecule has 4 rings (SSSR count). The predicted octanol–water partition coefficient (Wildman–Crippen LogP) is 2.68. The summed E-state index contributed by atoms with van der Waals surface area (Å²) in [5.74, 6) is -0.512. The second-order valence-corrected chi connectivity index (χ2v) is 11.7. The predicted molar refractivity (Wildman–Crippen MR) is 154 cm³/mol. The summed E-state index contributed by atoms with van der Waals surface area (Å²) >= 11 is 0. The first kappa shape index (κ1) is 30.1. The Morgan fingerprint density at radius 2 is 1.90 bits per heavy atom. The van der Waals surface area contributed by atoms with Crippen molar-refractivity contribution in [2.24, 2.45) is 5.41 Å². The van der Waals surface area contributed by atoms with Gasteiger partial charge in [0, 0.05) is 38.1 Å². The van der Waals surface area contributed by atoms with Gasteiger partial charge in [-0.3, -0.25) is 18.8 Å². The van der Waals surface area contributed by atoms with Crippen LogP contribution in [0, 0.1) is 11.2 Å². The van der Waals surface area contributed by atoms with Crippen LogP contribution >= 0.6 is 0 Å². The van der Waals surface area contributed by atoms with Crippen molar-refractivity contribution in [3.8, 4) is 0 Å². The van der Waals surface area contributed by atoms with E-state index in [1.807, 2.05) is 25.7 Å². The Labute approximate surface area is 240 Å². The smallest absolute Gasteiger partial charge is 0.272 e. The van der Waals surface area contributed by atoms with Crippen molar-refractivity contribution in [2.45, 2.75) is 65.1 Å². The second-order valence-electron chi connectivity index (χ2n) is 11.7. The summed E-state index contributed by atoms with van der Waals surface area (Å²) in [7, 11) is 1.70. The van der Waals surface area contributed by atoms with E-state index in [1.54, 1.807) is 53.9 Å². The number of carbonyl (C=O) groups is 3. The number of nitrogens with one attached hydrogen (secondary N) is 2. The molecule has 0 unspecified atom stereocenters. The molecule has 11 heteroatoms. The number of rotatable bonds is 10. The van der Waals surface area contributed by atoms with Gasteiger partial charge in [-0.15, -0.1) is 0 Å². The van der Waals surface area contributed by atoms with E-state index in [0.29, 0.717) is 37.5 Å². The van der Waals surface area contributed by atoms with E-state index in [4.69, 9.17) is 0 Å². The van der Waals surface area contributed by atoms with E-state index >= 15 is 0 Å². The largest absolute Gasteiger partial charge is 0.342 e. The number of halogens is 1. The number of carbonyl (C=O) groups excluding carboxylic acids is 3. The van der Waals surface area contributed by atoms with Crippen molar-refractivity contribution in [3.05, 3.63) is 66.0 Å². The standard InChI is InChI=1S/C30H40FN7O3/c1-20(32-5)26(39)35-25(30(2,3)4)28(41)37-15-6-8-23(37)19-36(17-13-21-9-11-22(31)12-10-21)27(40)24-18-34-29-33-14-7-16-38(24)29/h7,9-12,14,16,18,20,23,25,32H,6,8,13,15,17,19H2,1-5H3,(H,35,39)/t20-,23-,25+/m0/s1. The molecule has 0 aliphatic carbocycles. The van der Waals surface area contributed by atoms with Gasteiger partial charge in [-0.25, -0.2) is 14.4 Å². The van der Waals surface area contributed by atoms with E-state index in [-0.39, 0.29) is 29.6 Å². The number of amides is 3. The lowest BCUT2D eigenvalue weighted by Crippen LogP contribution is -2.59. The van der Waals surface area contributed by atoms with Crippen molar-refractivity contribution >= 4 is 23.5 Å². The molecule has 220 valence electrons. The van der Waals surface area contributed by atoms with Crippen LogP contribution in [0.25, 0.3) is 5.78 Å². The minimum absolute atomic E-state index is 0.151. The van der Waals surface area contributed by atoms with Gasteiger partial charge >= 0.3 is 0 Å². The topological polar surface area (TPSA) is 112 Å². The van der Waals surface area contributed by atoms with Crippen LogP contribution in [0.5, 0.6) is 0 Å². The SMILES string of the molecule is CN[C@@H](C)C(=O)N[C@H](C(=O)N1CCC[C@H]1CN(CCc1ccc(F)cc1)C(=O)c1cnc2ncccn12)C(C)(C)C.